The fraction of sp³-hybridized carbons (Fsp3) is 0.381. The Morgan fingerprint density at radius 3 is 2.50 bits per heavy atom. The number of hydrogen-bond donors (Lipinski definition) is 1. The van der Waals surface area contributed by atoms with E-state index in [1.807, 2.05) is 0 Å². The number of amides is 1. The molecule has 1 saturated heterocycles. The molecular formula is C21H25N3O7S. The van der Waals surface area contributed by atoms with Crippen LogP contribution >= 0.6 is 0 Å². The van der Waals surface area contributed by atoms with Crippen LogP contribution in [0.5, 0.6) is 11.5 Å². The largest absolute Gasteiger partial charge is 0.493 e. The van der Waals surface area contributed by atoms with E-state index in [9.17, 15) is 23.3 Å². The van der Waals surface area contributed by atoms with E-state index >= 15 is 0 Å². The first-order chi connectivity index (χ1) is 15.2. The number of nitrogens with zero attached hydrogens (tertiary/aromatic N) is 2. The minimum Gasteiger partial charge on any atom is -0.493 e. The van der Waals surface area contributed by atoms with Gasteiger partial charge in [-0.3, -0.25) is 14.9 Å². The number of nitrogens with one attached hydrogen (secondary N) is 1. The average molecular weight is 464 g/mol. The number of benzene rings is 2. The summed E-state index contributed by atoms with van der Waals surface area (Å²) >= 11 is 0. The smallest absolute Gasteiger partial charge is 0.273 e. The van der Waals surface area contributed by atoms with Crippen LogP contribution in [0.25, 0.3) is 0 Å². The van der Waals surface area contributed by atoms with Crippen molar-refractivity contribution in [3.05, 3.63) is 52.1 Å². The predicted octanol–water partition coefficient (Wildman–Crippen LogP) is 3.10. The first kappa shape index (κ1) is 23.5. The summed E-state index contributed by atoms with van der Waals surface area (Å²) in [6.07, 6.45) is 2.66. The number of nitro benzene ring substituents is 1. The lowest BCUT2D eigenvalue weighted by Crippen LogP contribution is -2.36. The Hall–Kier alpha value is -3.18. The zero-order valence-corrected chi connectivity index (χ0v) is 18.7. The molecule has 2 aromatic carbocycles. The molecule has 32 heavy (non-hydrogen) atoms. The van der Waals surface area contributed by atoms with E-state index in [1.54, 1.807) is 19.1 Å². The highest BCUT2D eigenvalue weighted by Crippen LogP contribution is 2.31. The van der Waals surface area contributed by atoms with Gasteiger partial charge in [-0.2, -0.15) is 4.31 Å². The number of rotatable bonds is 8. The zero-order valence-electron chi connectivity index (χ0n) is 17.9. The van der Waals surface area contributed by atoms with Crippen molar-refractivity contribution in [2.24, 2.45) is 0 Å². The number of aryl methyl sites for hydroxylation is 1. The van der Waals surface area contributed by atoms with Crippen molar-refractivity contribution in [1.82, 2.24) is 4.31 Å². The summed E-state index contributed by atoms with van der Waals surface area (Å²) in [5, 5.41) is 13.6. The Bertz CT molecular complexity index is 1110. The number of anilines is 1. The topological polar surface area (TPSA) is 128 Å². The summed E-state index contributed by atoms with van der Waals surface area (Å²) in [5.74, 6) is -0.258. The number of sulfonamides is 1. The number of hydrogen-bond acceptors (Lipinski definition) is 7. The van der Waals surface area contributed by atoms with Crippen LogP contribution < -0.4 is 14.8 Å². The molecule has 0 atom stereocenters. The van der Waals surface area contributed by atoms with Crippen molar-refractivity contribution in [2.75, 3.05) is 32.1 Å². The second-order valence-electron chi connectivity index (χ2n) is 7.37. The Labute approximate surface area is 186 Å². The normalized spacial score (nSPS) is 14.6. The molecule has 0 unspecified atom stereocenters. The maximum absolute atomic E-state index is 13.0. The highest BCUT2D eigenvalue weighted by molar-refractivity contribution is 7.89. The van der Waals surface area contributed by atoms with Crippen LogP contribution in [0.4, 0.5) is 11.4 Å². The Balaban J connectivity index is 1.72. The molecule has 1 aliphatic rings. The highest BCUT2D eigenvalue weighted by atomic mass is 32.2. The predicted molar refractivity (Wildman–Crippen MR) is 118 cm³/mol. The lowest BCUT2D eigenvalue weighted by Gasteiger charge is -2.26. The molecule has 1 fully saturated rings. The monoisotopic (exact) mass is 463 g/mol. The Morgan fingerprint density at radius 2 is 1.84 bits per heavy atom. The van der Waals surface area contributed by atoms with Gasteiger partial charge in [-0.25, -0.2) is 8.42 Å². The molecule has 0 aromatic heterocycles. The van der Waals surface area contributed by atoms with E-state index in [2.05, 4.69) is 5.32 Å². The minimum absolute atomic E-state index is 0.0501. The van der Waals surface area contributed by atoms with E-state index in [0.29, 0.717) is 24.3 Å². The van der Waals surface area contributed by atoms with E-state index in [4.69, 9.17) is 9.47 Å². The third kappa shape index (κ3) is 5.35. The highest BCUT2D eigenvalue weighted by Gasteiger charge is 2.27. The lowest BCUT2D eigenvalue weighted by molar-refractivity contribution is -0.385. The van der Waals surface area contributed by atoms with Crippen LogP contribution in [0.15, 0.2) is 41.3 Å². The quantitative estimate of drug-likeness (QED) is 0.470. The van der Waals surface area contributed by atoms with Gasteiger partial charge in [0.25, 0.3) is 11.6 Å². The first-order valence-electron chi connectivity index (χ1n) is 10.1. The Kier molecular flexibility index (Phi) is 7.31. The molecule has 1 aliphatic heterocycles. The number of piperidine rings is 1. The maximum Gasteiger partial charge on any atom is 0.273 e. The average Bonchev–Trinajstić information content (AvgIpc) is 2.79. The molecule has 172 valence electrons. The number of nitro groups is 1. The molecule has 1 amide bonds. The SMILES string of the molecule is COc1ccc([N+](=O)[O-])cc1OCC(=O)Nc1ccc(C)c(S(=O)(=O)N2CCCCC2)c1. The molecule has 0 bridgehead atoms. The molecule has 0 radical (unpaired) electrons. The number of non-ortho nitro benzene ring substituents is 1. The molecule has 1 N–H and O–H groups in total. The zero-order chi connectivity index (χ0) is 23.3. The molecule has 1 heterocycles. The van der Waals surface area contributed by atoms with Gasteiger partial charge in [0.15, 0.2) is 18.1 Å². The van der Waals surface area contributed by atoms with Crippen molar-refractivity contribution in [2.45, 2.75) is 31.1 Å². The lowest BCUT2D eigenvalue weighted by atomic mass is 10.2. The molecule has 0 spiro atoms. The van der Waals surface area contributed by atoms with Crippen molar-refractivity contribution in [3.63, 3.8) is 0 Å². The maximum atomic E-state index is 13.0. The summed E-state index contributed by atoms with van der Waals surface area (Å²) in [4.78, 5) is 22.9. The molecule has 10 nitrogen and oxygen atoms in total. The van der Waals surface area contributed by atoms with Crippen molar-refractivity contribution in [1.29, 1.82) is 0 Å². The van der Waals surface area contributed by atoms with Crippen LogP contribution in [0.3, 0.4) is 0 Å². The van der Waals surface area contributed by atoms with Gasteiger partial charge in [-0.1, -0.05) is 12.5 Å². The van der Waals surface area contributed by atoms with Gasteiger partial charge in [-0.15, -0.1) is 0 Å². The number of methoxy groups -OCH3 is 1. The number of carbonyl (C=O) groups is 1. The van der Waals surface area contributed by atoms with Crippen LogP contribution in [0.2, 0.25) is 0 Å². The van der Waals surface area contributed by atoms with Gasteiger partial charge in [0, 0.05) is 24.8 Å². The van der Waals surface area contributed by atoms with Gasteiger partial charge < -0.3 is 14.8 Å². The summed E-state index contributed by atoms with van der Waals surface area (Å²) < 4.78 is 38.0. The molecule has 11 heteroatoms. The van der Waals surface area contributed by atoms with Crippen LogP contribution in [0.1, 0.15) is 24.8 Å². The van der Waals surface area contributed by atoms with E-state index in [1.165, 1.54) is 35.7 Å². The molecule has 0 aliphatic carbocycles. The van der Waals surface area contributed by atoms with Crippen LogP contribution in [-0.4, -0.2) is 50.4 Å². The summed E-state index contributed by atoms with van der Waals surface area (Å²) in [6, 6.07) is 8.49. The van der Waals surface area contributed by atoms with Gasteiger partial charge in [0.2, 0.25) is 10.0 Å². The van der Waals surface area contributed by atoms with Crippen LogP contribution in [-0.2, 0) is 14.8 Å². The second kappa shape index (κ2) is 9.96. The summed E-state index contributed by atoms with van der Waals surface area (Å²) in [5.41, 5.74) is 0.698. The molecule has 2 aromatic rings. The molecular weight excluding hydrogens is 438 g/mol. The van der Waals surface area contributed by atoms with Crippen molar-refractivity contribution in [3.8, 4) is 11.5 Å². The summed E-state index contributed by atoms with van der Waals surface area (Å²) in [6.45, 7) is 2.23. The van der Waals surface area contributed by atoms with Gasteiger partial charge in [0.1, 0.15) is 0 Å². The third-order valence-corrected chi connectivity index (χ3v) is 7.16. The molecule has 3 rings (SSSR count). The molecule has 0 saturated carbocycles. The van der Waals surface area contributed by atoms with E-state index in [0.717, 1.165) is 19.3 Å². The van der Waals surface area contributed by atoms with Gasteiger partial charge in [0.05, 0.1) is 23.0 Å². The fourth-order valence-electron chi connectivity index (χ4n) is 3.43. The fourth-order valence-corrected chi connectivity index (χ4v) is 5.20. The first-order valence-corrected chi connectivity index (χ1v) is 11.5. The standard InChI is InChI=1S/C21H25N3O7S/c1-15-6-7-16(12-20(15)32(28,29)23-10-4-3-5-11-23)22-21(25)14-31-19-13-17(24(26)27)8-9-18(19)30-2/h6-9,12-13H,3-5,10-11,14H2,1-2H3,(H,22,25). The van der Waals surface area contributed by atoms with Crippen molar-refractivity contribution >= 4 is 27.3 Å². The summed E-state index contributed by atoms with van der Waals surface area (Å²) in [7, 11) is -2.28. The number of ether oxygens (including phenoxy) is 2. The van der Waals surface area contributed by atoms with E-state index in [-0.39, 0.29) is 22.1 Å². The minimum atomic E-state index is -3.66. The number of carbonyl (C=O) groups excluding carboxylic acids is 1. The van der Waals surface area contributed by atoms with Gasteiger partial charge >= 0.3 is 0 Å². The Morgan fingerprint density at radius 1 is 1.12 bits per heavy atom. The van der Waals surface area contributed by atoms with E-state index < -0.39 is 27.5 Å². The van der Waals surface area contributed by atoms with Crippen molar-refractivity contribution < 1.29 is 27.6 Å². The van der Waals surface area contributed by atoms with Crippen LogP contribution in [0, 0.1) is 17.0 Å². The van der Waals surface area contributed by atoms with Gasteiger partial charge in [-0.05, 0) is 43.5 Å². The second-order valence-corrected chi connectivity index (χ2v) is 9.28. The third-order valence-electron chi connectivity index (χ3n) is 5.12.